The molecule has 1 aliphatic rings. The number of nitrogen functional groups attached to an aromatic ring is 1. The molecule has 1 fully saturated rings. The van der Waals surface area contributed by atoms with Crippen LogP contribution in [0.5, 0.6) is 5.75 Å². The second kappa shape index (κ2) is 7.28. The Labute approximate surface area is 125 Å². The number of carbonyl (C=O) groups excluding carboxylic acids is 1. The van der Waals surface area contributed by atoms with Crippen LogP contribution in [-0.4, -0.2) is 50.3 Å². The summed E-state index contributed by atoms with van der Waals surface area (Å²) in [5.41, 5.74) is 7.01. The molecule has 3 N–H and O–H groups in total. The van der Waals surface area contributed by atoms with Crippen molar-refractivity contribution in [1.29, 1.82) is 0 Å². The summed E-state index contributed by atoms with van der Waals surface area (Å²) in [5, 5.41) is 2.84. The lowest BCUT2D eigenvalue weighted by molar-refractivity contribution is -0.117. The average molecular weight is 293 g/mol. The van der Waals surface area contributed by atoms with Crippen molar-refractivity contribution in [1.82, 2.24) is 4.90 Å². The van der Waals surface area contributed by atoms with Crippen molar-refractivity contribution in [3.63, 3.8) is 0 Å². The van der Waals surface area contributed by atoms with E-state index in [0.717, 1.165) is 26.3 Å². The van der Waals surface area contributed by atoms with Gasteiger partial charge in [0.05, 0.1) is 31.7 Å². The molecule has 1 aromatic carbocycles. The first kappa shape index (κ1) is 15.6. The molecule has 1 amide bonds. The summed E-state index contributed by atoms with van der Waals surface area (Å²) < 4.78 is 10.5. The number of ether oxygens (including phenoxy) is 2. The quantitative estimate of drug-likeness (QED) is 0.801. The van der Waals surface area contributed by atoms with Crippen LogP contribution in [-0.2, 0) is 9.53 Å². The predicted octanol–water partition coefficient (Wildman–Crippen LogP) is 1.33. The molecule has 1 aromatic rings. The van der Waals surface area contributed by atoms with E-state index < -0.39 is 0 Å². The smallest absolute Gasteiger partial charge is 0.225 e. The first-order valence-electron chi connectivity index (χ1n) is 7.15. The lowest BCUT2D eigenvalue weighted by Crippen LogP contribution is -2.44. The predicted molar refractivity (Wildman–Crippen MR) is 82.5 cm³/mol. The van der Waals surface area contributed by atoms with Gasteiger partial charge in [-0.3, -0.25) is 9.69 Å². The number of carbonyl (C=O) groups is 1. The zero-order valence-corrected chi connectivity index (χ0v) is 12.6. The Morgan fingerprint density at radius 3 is 3.05 bits per heavy atom. The number of hydrogen-bond acceptors (Lipinski definition) is 5. The largest absolute Gasteiger partial charge is 0.497 e. The van der Waals surface area contributed by atoms with Crippen LogP contribution in [0.3, 0.4) is 0 Å². The number of amides is 1. The third kappa shape index (κ3) is 4.34. The number of rotatable bonds is 5. The van der Waals surface area contributed by atoms with Crippen molar-refractivity contribution in [2.75, 3.05) is 44.5 Å². The van der Waals surface area contributed by atoms with E-state index in [2.05, 4.69) is 17.1 Å². The van der Waals surface area contributed by atoms with Crippen LogP contribution in [0.1, 0.15) is 13.3 Å². The van der Waals surface area contributed by atoms with Gasteiger partial charge in [-0.05, 0) is 19.1 Å². The van der Waals surface area contributed by atoms with E-state index in [1.807, 2.05) is 0 Å². The number of hydrogen-bond donors (Lipinski definition) is 2. The molecule has 6 nitrogen and oxygen atoms in total. The van der Waals surface area contributed by atoms with Crippen LogP contribution < -0.4 is 15.8 Å². The van der Waals surface area contributed by atoms with Crippen LogP contribution >= 0.6 is 0 Å². The highest BCUT2D eigenvalue weighted by Crippen LogP contribution is 2.24. The third-order valence-electron chi connectivity index (χ3n) is 3.66. The highest BCUT2D eigenvalue weighted by Gasteiger charge is 2.19. The van der Waals surface area contributed by atoms with Crippen LogP contribution in [0.25, 0.3) is 0 Å². The van der Waals surface area contributed by atoms with E-state index in [1.54, 1.807) is 25.3 Å². The van der Waals surface area contributed by atoms with Crippen molar-refractivity contribution >= 4 is 17.3 Å². The molecule has 2 rings (SSSR count). The van der Waals surface area contributed by atoms with Gasteiger partial charge in [0.1, 0.15) is 5.75 Å². The van der Waals surface area contributed by atoms with E-state index in [-0.39, 0.29) is 5.91 Å². The standard InChI is InChI=1S/C15H23N3O3/c1-11-10-21-8-7-18(11)6-5-15(19)17-14-4-3-12(20-2)9-13(14)16/h3-4,9,11H,5-8,10,16H2,1-2H3,(H,17,19). The van der Waals surface area contributed by atoms with Gasteiger partial charge in [0.15, 0.2) is 0 Å². The van der Waals surface area contributed by atoms with Crippen molar-refractivity contribution in [2.24, 2.45) is 0 Å². The molecule has 1 heterocycles. The summed E-state index contributed by atoms with van der Waals surface area (Å²) in [7, 11) is 1.58. The van der Waals surface area contributed by atoms with Gasteiger partial charge in [-0.25, -0.2) is 0 Å². The van der Waals surface area contributed by atoms with Gasteiger partial charge in [-0.2, -0.15) is 0 Å². The number of nitrogens with zero attached hydrogens (tertiary/aromatic N) is 1. The molecule has 116 valence electrons. The average Bonchev–Trinajstić information content (AvgIpc) is 2.48. The number of nitrogens with two attached hydrogens (primary N) is 1. The topological polar surface area (TPSA) is 76.8 Å². The Morgan fingerprint density at radius 1 is 1.57 bits per heavy atom. The van der Waals surface area contributed by atoms with Gasteiger partial charge in [0, 0.05) is 31.6 Å². The molecular weight excluding hydrogens is 270 g/mol. The summed E-state index contributed by atoms with van der Waals surface area (Å²) in [4.78, 5) is 14.3. The van der Waals surface area contributed by atoms with Crippen molar-refractivity contribution in [3.8, 4) is 5.75 Å². The molecule has 0 radical (unpaired) electrons. The third-order valence-corrected chi connectivity index (χ3v) is 3.66. The monoisotopic (exact) mass is 293 g/mol. The lowest BCUT2D eigenvalue weighted by atomic mass is 10.2. The van der Waals surface area contributed by atoms with E-state index >= 15 is 0 Å². The highest BCUT2D eigenvalue weighted by atomic mass is 16.5. The first-order chi connectivity index (χ1) is 10.1. The highest BCUT2D eigenvalue weighted by molar-refractivity contribution is 5.94. The molecule has 1 unspecified atom stereocenters. The maximum atomic E-state index is 12.0. The lowest BCUT2D eigenvalue weighted by Gasteiger charge is -2.32. The Morgan fingerprint density at radius 2 is 2.38 bits per heavy atom. The molecule has 21 heavy (non-hydrogen) atoms. The minimum atomic E-state index is -0.0365. The molecule has 0 aromatic heterocycles. The fourth-order valence-corrected chi connectivity index (χ4v) is 2.33. The zero-order valence-electron chi connectivity index (χ0n) is 12.6. The fraction of sp³-hybridized carbons (Fsp3) is 0.533. The van der Waals surface area contributed by atoms with E-state index in [4.69, 9.17) is 15.2 Å². The molecule has 0 saturated carbocycles. The van der Waals surface area contributed by atoms with Crippen LogP contribution in [0.2, 0.25) is 0 Å². The second-order valence-electron chi connectivity index (χ2n) is 5.21. The fourth-order valence-electron chi connectivity index (χ4n) is 2.33. The first-order valence-corrected chi connectivity index (χ1v) is 7.15. The summed E-state index contributed by atoms with van der Waals surface area (Å²) in [5.74, 6) is 0.637. The summed E-state index contributed by atoms with van der Waals surface area (Å²) in [6.07, 6.45) is 0.440. The molecule has 6 heteroatoms. The van der Waals surface area contributed by atoms with E-state index in [1.165, 1.54) is 0 Å². The molecule has 0 bridgehead atoms. The van der Waals surface area contributed by atoms with Crippen molar-refractivity contribution < 1.29 is 14.3 Å². The number of morpholine rings is 1. The maximum Gasteiger partial charge on any atom is 0.225 e. The van der Waals surface area contributed by atoms with Gasteiger partial charge in [-0.15, -0.1) is 0 Å². The van der Waals surface area contributed by atoms with Gasteiger partial charge in [-0.1, -0.05) is 0 Å². The van der Waals surface area contributed by atoms with Gasteiger partial charge in [0.25, 0.3) is 0 Å². The second-order valence-corrected chi connectivity index (χ2v) is 5.21. The van der Waals surface area contributed by atoms with Crippen LogP contribution in [0.4, 0.5) is 11.4 Å². The van der Waals surface area contributed by atoms with Crippen molar-refractivity contribution in [2.45, 2.75) is 19.4 Å². The maximum absolute atomic E-state index is 12.0. The molecule has 1 saturated heterocycles. The molecule has 0 aliphatic carbocycles. The number of methoxy groups -OCH3 is 1. The van der Waals surface area contributed by atoms with E-state index in [0.29, 0.717) is 29.6 Å². The number of nitrogens with one attached hydrogen (secondary N) is 1. The van der Waals surface area contributed by atoms with Gasteiger partial charge < -0.3 is 20.5 Å². The molecule has 0 spiro atoms. The Balaban J connectivity index is 1.84. The van der Waals surface area contributed by atoms with E-state index in [9.17, 15) is 4.79 Å². The Bertz CT molecular complexity index is 493. The Hall–Kier alpha value is -1.79. The van der Waals surface area contributed by atoms with Gasteiger partial charge in [0.2, 0.25) is 5.91 Å². The van der Waals surface area contributed by atoms with Crippen LogP contribution in [0.15, 0.2) is 18.2 Å². The van der Waals surface area contributed by atoms with Crippen LogP contribution in [0, 0.1) is 0 Å². The SMILES string of the molecule is COc1ccc(NC(=O)CCN2CCOCC2C)c(N)c1. The minimum absolute atomic E-state index is 0.0365. The Kier molecular flexibility index (Phi) is 5.41. The molecule has 1 aliphatic heterocycles. The molecule has 1 atom stereocenters. The minimum Gasteiger partial charge on any atom is -0.497 e. The summed E-state index contributed by atoms with van der Waals surface area (Å²) in [6.45, 7) is 5.18. The normalized spacial score (nSPS) is 19.2. The number of anilines is 2. The zero-order chi connectivity index (χ0) is 15.2. The van der Waals surface area contributed by atoms with Crippen molar-refractivity contribution in [3.05, 3.63) is 18.2 Å². The number of benzene rings is 1. The molecular formula is C15H23N3O3. The summed E-state index contributed by atoms with van der Waals surface area (Å²) in [6, 6.07) is 5.58. The summed E-state index contributed by atoms with van der Waals surface area (Å²) >= 11 is 0. The van der Waals surface area contributed by atoms with Gasteiger partial charge >= 0.3 is 0 Å².